The number of hydrogen-bond donors (Lipinski definition) is 1. The summed E-state index contributed by atoms with van der Waals surface area (Å²) in [4.78, 5) is 10.1. The minimum absolute atomic E-state index is 0.00751. The number of nitro groups is 1. The number of nitriles is 1. The highest BCUT2D eigenvalue weighted by Gasteiger charge is 2.32. The van der Waals surface area contributed by atoms with Crippen molar-refractivity contribution < 1.29 is 14.1 Å². The third-order valence-corrected chi connectivity index (χ3v) is 3.32. The molecule has 7 heteroatoms. The molecular weight excluding hydrogens is 277 g/mol. The van der Waals surface area contributed by atoms with Gasteiger partial charge >= 0.3 is 5.69 Å². The standard InChI is InChI=1S/C14H16FN3O3/c1-14(9-16,17-11-3-4-11)6-7-21-13-5-2-10(15)8-12(13)18(19)20/h2,5,8,11,17H,3-4,6-7H2,1H3. The first-order valence-corrected chi connectivity index (χ1v) is 6.69. The molecule has 1 saturated carbocycles. The Kier molecular flexibility index (Phi) is 4.38. The number of hydrogen-bond acceptors (Lipinski definition) is 5. The van der Waals surface area contributed by atoms with Crippen LogP contribution in [-0.4, -0.2) is 23.1 Å². The average Bonchev–Trinajstić information content (AvgIpc) is 3.24. The van der Waals surface area contributed by atoms with Gasteiger partial charge in [-0.05, 0) is 31.9 Å². The fourth-order valence-electron chi connectivity index (χ4n) is 1.96. The Morgan fingerprint density at radius 3 is 2.90 bits per heavy atom. The molecule has 1 atom stereocenters. The molecule has 112 valence electrons. The molecule has 0 spiro atoms. The molecule has 2 rings (SSSR count). The quantitative estimate of drug-likeness (QED) is 0.616. The fourth-order valence-corrected chi connectivity index (χ4v) is 1.96. The molecule has 1 aromatic carbocycles. The average molecular weight is 293 g/mol. The normalized spacial score (nSPS) is 16.8. The second kappa shape index (κ2) is 6.06. The van der Waals surface area contributed by atoms with E-state index in [2.05, 4.69) is 11.4 Å². The molecule has 1 aliphatic rings. The van der Waals surface area contributed by atoms with Crippen LogP contribution in [0.4, 0.5) is 10.1 Å². The van der Waals surface area contributed by atoms with E-state index in [1.165, 1.54) is 6.07 Å². The molecule has 1 aromatic rings. The maximum Gasteiger partial charge on any atom is 0.313 e. The molecule has 0 bridgehead atoms. The Morgan fingerprint density at radius 2 is 2.33 bits per heavy atom. The van der Waals surface area contributed by atoms with Gasteiger partial charge in [0.1, 0.15) is 11.4 Å². The summed E-state index contributed by atoms with van der Waals surface area (Å²) in [5.41, 5.74) is -1.14. The van der Waals surface area contributed by atoms with Gasteiger partial charge in [0, 0.05) is 12.5 Å². The highest BCUT2D eigenvalue weighted by Crippen LogP contribution is 2.28. The lowest BCUT2D eigenvalue weighted by atomic mass is 10.0. The van der Waals surface area contributed by atoms with Crippen LogP contribution in [0.3, 0.4) is 0 Å². The molecule has 0 saturated heterocycles. The van der Waals surface area contributed by atoms with Crippen molar-refractivity contribution in [1.29, 1.82) is 5.26 Å². The monoisotopic (exact) mass is 293 g/mol. The summed E-state index contributed by atoms with van der Waals surface area (Å²) in [5.74, 6) is -0.681. The fraction of sp³-hybridized carbons (Fsp3) is 0.500. The van der Waals surface area contributed by atoms with Crippen LogP contribution >= 0.6 is 0 Å². The predicted molar refractivity (Wildman–Crippen MR) is 73.3 cm³/mol. The molecule has 1 aliphatic carbocycles. The first kappa shape index (κ1) is 15.2. The van der Waals surface area contributed by atoms with Crippen LogP contribution in [0.25, 0.3) is 0 Å². The number of rotatable bonds is 7. The first-order chi connectivity index (χ1) is 9.93. The van der Waals surface area contributed by atoms with Gasteiger partial charge in [-0.15, -0.1) is 0 Å². The predicted octanol–water partition coefficient (Wildman–Crippen LogP) is 2.54. The van der Waals surface area contributed by atoms with Crippen LogP contribution in [0.15, 0.2) is 18.2 Å². The van der Waals surface area contributed by atoms with Crippen molar-refractivity contribution >= 4 is 5.69 Å². The van der Waals surface area contributed by atoms with E-state index in [4.69, 9.17) is 4.74 Å². The van der Waals surface area contributed by atoms with E-state index in [1.54, 1.807) is 6.92 Å². The van der Waals surface area contributed by atoms with Crippen LogP contribution in [0.5, 0.6) is 5.75 Å². The largest absolute Gasteiger partial charge is 0.487 e. The Labute approximate surface area is 121 Å². The third kappa shape index (κ3) is 4.13. The van der Waals surface area contributed by atoms with Crippen molar-refractivity contribution in [2.75, 3.05) is 6.61 Å². The topological polar surface area (TPSA) is 88.2 Å². The summed E-state index contributed by atoms with van der Waals surface area (Å²) in [6.07, 6.45) is 2.50. The number of nitrogens with one attached hydrogen (secondary N) is 1. The lowest BCUT2D eigenvalue weighted by Gasteiger charge is -2.23. The van der Waals surface area contributed by atoms with Crippen LogP contribution in [-0.2, 0) is 0 Å². The number of nitro benzene ring substituents is 1. The van der Waals surface area contributed by atoms with Gasteiger partial charge in [0.25, 0.3) is 0 Å². The summed E-state index contributed by atoms with van der Waals surface area (Å²) in [7, 11) is 0. The zero-order valence-corrected chi connectivity index (χ0v) is 11.6. The van der Waals surface area contributed by atoms with Crippen LogP contribution in [0.1, 0.15) is 26.2 Å². The number of nitrogens with zero attached hydrogens (tertiary/aromatic N) is 2. The zero-order chi connectivity index (χ0) is 15.5. The summed E-state index contributed by atoms with van der Waals surface area (Å²) in [6, 6.07) is 5.72. The van der Waals surface area contributed by atoms with Crippen LogP contribution < -0.4 is 10.1 Å². The van der Waals surface area contributed by atoms with Crippen LogP contribution in [0.2, 0.25) is 0 Å². The number of benzene rings is 1. The van der Waals surface area contributed by atoms with E-state index in [1.807, 2.05) is 0 Å². The maximum atomic E-state index is 13.0. The van der Waals surface area contributed by atoms with Gasteiger partial charge in [-0.25, -0.2) is 4.39 Å². The van der Waals surface area contributed by atoms with Gasteiger partial charge < -0.3 is 4.74 Å². The summed E-state index contributed by atoms with van der Waals surface area (Å²) in [6.45, 7) is 1.91. The molecule has 1 fully saturated rings. The maximum absolute atomic E-state index is 13.0. The molecule has 6 nitrogen and oxygen atoms in total. The van der Waals surface area contributed by atoms with Gasteiger partial charge in [-0.1, -0.05) is 0 Å². The van der Waals surface area contributed by atoms with E-state index >= 15 is 0 Å². The second-order valence-electron chi connectivity index (χ2n) is 5.33. The molecule has 1 unspecified atom stereocenters. The molecule has 1 N–H and O–H groups in total. The smallest absolute Gasteiger partial charge is 0.313 e. The summed E-state index contributed by atoms with van der Waals surface area (Å²) < 4.78 is 18.4. The van der Waals surface area contributed by atoms with Crippen molar-refractivity contribution in [3.8, 4) is 11.8 Å². The molecule has 0 aliphatic heterocycles. The van der Waals surface area contributed by atoms with Gasteiger partial charge in [0.2, 0.25) is 0 Å². The van der Waals surface area contributed by atoms with Crippen molar-refractivity contribution in [1.82, 2.24) is 5.32 Å². The Morgan fingerprint density at radius 1 is 1.62 bits per heavy atom. The Bertz CT molecular complexity index is 583. The number of ether oxygens (including phenoxy) is 1. The molecular formula is C14H16FN3O3. The van der Waals surface area contributed by atoms with E-state index in [0.29, 0.717) is 12.5 Å². The second-order valence-corrected chi connectivity index (χ2v) is 5.33. The van der Waals surface area contributed by atoms with E-state index < -0.39 is 22.0 Å². The minimum atomic E-state index is -0.726. The third-order valence-electron chi connectivity index (χ3n) is 3.32. The van der Waals surface area contributed by atoms with Gasteiger partial charge in [-0.2, -0.15) is 5.26 Å². The van der Waals surface area contributed by atoms with Crippen LogP contribution in [0, 0.1) is 27.3 Å². The first-order valence-electron chi connectivity index (χ1n) is 6.69. The Balaban J connectivity index is 1.96. The van der Waals surface area contributed by atoms with Gasteiger partial charge in [0.05, 0.1) is 23.7 Å². The van der Waals surface area contributed by atoms with Crippen molar-refractivity contribution in [2.24, 2.45) is 0 Å². The summed E-state index contributed by atoms with van der Waals surface area (Å²) in [5, 5.41) is 23.3. The van der Waals surface area contributed by atoms with Gasteiger partial charge in [0.15, 0.2) is 5.75 Å². The minimum Gasteiger partial charge on any atom is -0.487 e. The SMILES string of the molecule is CC(C#N)(CCOc1ccc(F)cc1[N+](=O)[O-])NC1CC1. The molecule has 21 heavy (non-hydrogen) atoms. The number of halogens is 1. The molecule has 0 amide bonds. The van der Waals surface area contributed by atoms with Crippen molar-refractivity contribution in [3.63, 3.8) is 0 Å². The Hall–Kier alpha value is -2.20. The van der Waals surface area contributed by atoms with E-state index in [0.717, 1.165) is 25.0 Å². The molecule has 0 radical (unpaired) electrons. The molecule has 0 aromatic heterocycles. The highest BCUT2D eigenvalue weighted by atomic mass is 19.1. The zero-order valence-electron chi connectivity index (χ0n) is 11.6. The van der Waals surface area contributed by atoms with E-state index in [9.17, 15) is 19.8 Å². The highest BCUT2D eigenvalue weighted by molar-refractivity contribution is 5.46. The van der Waals surface area contributed by atoms with E-state index in [-0.39, 0.29) is 12.4 Å². The lowest BCUT2D eigenvalue weighted by molar-refractivity contribution is -0.386. The van der Waals surface area contributed by atoms with Crippen molar-refractivity contribution in [3.05, 3.63) is 34.1 Å². The molecule has 0 heterocycles. The lowest BCUT2D eigenvalue weighted by Crippen LogP contribution is -2.43. The summed E-state index contributed by atoms with van der Waals surface area (Å²) >= 11 is 0. The van der Waals surface area contributed by atoms with Gasteiger partial charge in [-0.3, -0.25) is 15.4 Å². The van der Waals surface area contributed by atoms with Crippen molar-refractivity contribution in [2.45, 2.75) is 37.8 Å².